The Balaban J connectivity index is 1.18. The zero-order chi connectivity index (χ0) is 22.6. The smallest absolute Gasteiger partial charge is 0.132 e. The molecule has 0 amide bonds. The average molecular weight is 464 g/mol. The second kappa shape index (κ2) is 10.3. The highest BCUT2D eigenvalue weighted by Crippen LogP contribution is 2.39. The second-order valence-corrected chi connectivity index (χ2v) is 10.6. The molecule has 7 heteroatoms. The van der Waals surface area contributed by atoms with Crippen LogP contribution in [0, 0.1) is 12.8 Å². The number of nitrogens with one attached hydrogen (secondary N) is 1. The summed E-state index contributed by atoms with van der Waals surface area (Å²) in [7, 11) is 0. The Morgan fingerprint density at radius 2 is 1.85 bits per heavy atom. The van der Waals surface area contributed by atoms with E-state index in [1.807, 2.05) is 36.7 Å². The molecule has 6 nitrogen and oxygen atoms in total. The van der Waals surface area contributed by atoms with Gasteiger partial charge in [-0.05, 0) is 81.2 Å². The first kappa shape index (κ1) is 22.4. The summed E-state index contributed by atoms with van der Waals surface area (Å²) < 4.78 is 0. The highest BCUT2D eigenvalue weighted by Gasteiger charge is 2.27. The van der Waals surface area contributed by atoms with Crippen molar-refractivity contribution < 1.29 is 5.11 Å². The fourth-order valence-electron chi connectivity index (χ4n) is 5.03. The van der Waals surface area contributed by atoms with Crippen molar-refractivity contribution in [3.05, 3.63) is 53.3 Å². The summed E-state index contributed by atoms with van der Waals surface area (Å²) in [5, 5.41) is 14.3. The van der Waals surface area contributed by atoms with E-state index in [0.29, 0.717) is 5.92 Å². The minimum atomic E-state index is -0.0822. The van der Waals surface area contributed by atoms with Gasteiger partial charge in [-0.15, -0.1) is 11.3 Å². The van der Waals surface area contributed by atoms with Crippen LogP contribution in [0.3, 0.4) is 0 Å². The molecule has 0 bridgehead atoms. The van der Waals surface area contributed by atoms with Crippen LogP contribution in [0.2, 0.25) is 0 Å². The van der Waals surface area contributed by atoms with Crippen molar-refractivity contribution in [1.82, 2.24) is 19.9 Å². The molecule has 0 radical (unpaired) electrons. The van der Waals surface area contributed by atoms with Crippen molar-refractivity contribution >= 4 is 23.0 Å². The third-order valence-electron chi connectivity index (χ3n) is 6.97. The van der Waals surface area contributed by atoms with Gasteiger partial charge in [0.25, 0.3) is 0 Å². The predicted molar refractivity (Wildman–Crippen MR) is 134 cm³/mol. The zero-order valence-electron chi connectivity index (χ0n) is 19.3. The summed E-state index contributed by atoms with van der Waals surface area (Å²) in [6.45, 7) is 5.36. The molecule has 2 fully saturated rings. The molecule has 33 heavy (non-hydrogen) atoms. The van der Waals surface area contributed by atoms with E-state index < -0.39 is 0 Å². The molecular formula is C26H33N5OS. The van der Waals surface area contributed by atoms with E-state index in [1.165, 1.54) is 42.8 Å². The van der Waals surface area contributed by atoms with Gasteiger partial charge in [-0.2, -0.15) is 0 Å². The first-order valence-electron chi connectivity index (χ1n) is 12.2. The highest BCUT2D eigenvalue weighted by atomic mass is 32.1. The normalized spacial score (nSPS) is 22.4. The van der Waals surface area contributed by atoms with Crippen LogP contribution in [0.1, 0.15) is 55.0 Å². The van der Waals surface area contributed by atoms with Gasteiger partial charge in [0.05, 0.1) is 21.7 Å². The van der Waals surface area contributed by atoms with Gasteiger partial charge < -0.3 is 15.3 Å². The summed E-state index contributed by atoms with van der Waals surface area (Å²) in [6, 6.07) is 10.1. The van der Waals surface area contributed by atoms with Crippen LogP contribution in [0.15, 0.2) is 42.7 Å². The van der Waals surface area contributed by atoms with Crippen LogP contribution >= 0.6 is 11.3 Å². The first-order chi connectivity index (χ1) is 16.1. The maximum absolute atomic E-state index is 9.73. The maximum atomic E-state index is 9.73. The quantitative estimate of drug-likeness (QED) is 0.511. The summed E-state index contributed by atoms with van der Waals surface area (Å²) in [4.78, 5) is 17.7. The van der Waals surface area contributed by atoms with Gasteiger partial charge in [-0.1, -0.05) is 6.07 Å². The number of aromatic nitrogens is 3. The molecule has 1 saturated heterocycles. The Morgan fingerprint density at radius 1 is 1.03 bits per heavy atom. The predicted octanol–water partition coefficient (Wildman–Crippen LogP) is 5.38. The van der Waals surface area contributed by atoms with Crippen LogP contribution < -0.4 is 5.32 Å². The first-order valence-corrected chi connectivity index (χ1v) is 13.0. The molecule has 2 N–H and O–H groups in total. The van der Waals surface area contributed by atoms with Crippen molar-refractivity contribution in [2.75, 3.05) is 25.0 Å². The molecule has 174 valence electrons. The van der Waals surface area contributed by atoms with E-state index in [-0.39, 0.29) is 6.10 Å². The number of hydrogen-bond donors (Lipinski definition) is 2. The van der Waals surface area contributed by atoms with Crippen LogP contribution in [0.5, 0.6) is 0 Å². The molecular weight excluding hydrogens is 430 g/mol. The number of aliphatic hydroxyl groups excluding tert-OH is 1. The average Bonchev–Trinajstić information content (AvgIpc) is 3.32. The van der Waals surface area contributed by atoms with Gasteiger partial charge in [-0.3, -0.25) is 0 Å². The lowest BCUT2D eigenvalue weighted by molar-refractivity contribution is 0.0702. The number of thiazole rings is 1. The molecule has 5 rings (SSSR count). The molecule has 0 atom stereocenters. The van der Waals surface area contributed by atoms with E-state index in [2.05, 4.69) is 28.2 Å². The summed E-state index contributed by atoms with van der Waals surface area (Å²) in [5.41, 5.74) is 2.12. The largest absolute Gasteiger partial charge is 0.393 e. The molecule has 3 aromatic heterocycles. The number of aryl methyl sites for hydroxylation is 1. The Bertz CT molecular complexity index is 1050. The SMILES string of the molecule is Cc1ccnc(Nc2cccc(-c3cnc([C@H]4CC[C@H](CN5CCC(O)CC5)CC4)s3)n2)c1. The third kappa shape index (κ3) is 5.78. The summed E-state index contributed by atoms with van der Waals surface area (Å²) >= 11 is 1.79. The molecule has 4 heterocycles. The maximum Gasteiger partial charge on any atom is 0.132 e. The molecule has 0 aromatic carbocycles. The van der Waals surface area contributed by atoms with Crippen LogP contribution in [-0.2, 0) is 0 Å². The Kier molecular flexibility index (Phi) is 6.99. The van der Waals surface area contributed by atoms with Gasteiger partial charge in [0.15, 0.2) is 0 Å². The monoisotopic (exact) mass is 463 g/mol. The van der Waals surface area contributed by atoms with Crippen molar-refractivity contribution in [3.63, 3.8) is 0 Å². The minimum Gasteiger partial charge on any atom is -0.393 e. The zero-order valence-corrected chi connectivity index (χ0v) is 20.1. The van der Waals surface area contributed by atoms with Gasteiger partial charge in [-0.25, -0.2) is 15.0 Å². The van der Waals surface area contributed by atoms with Crippen molar-refractivity contribution in [3.8, 4) is 10.6 Å². The molecule has 2 aliphatic rings. The number of nitrogens with zero attached hydrogens (tertiary/aromatic N) is 4. The second-order valence-electron chi connectivity index (χ2n) is 9.56. The highest BCUT2D eigenvalue weighted by molar-refractivity contribution is 7.15. The lowest BCUT2D eigenvalue weighted by Gasteiger charge is -2.35. The van der Waals surface area contributed by atoms with E-state index in [1.54, 1.807) is 11.3 Å². The standard InChI is InChI=1S/C26H33N5OS/c1-18-9-12-27-25(15-18)30-24-4-2-3-22(29-24)23-16-28-26(33-23)20-7-5-19(6-8-20)17-31-13-10-21(32)11-14-31/h2-4,9,12,15-16,19-21,32H,5-8,10-11,13-14,17H2,1H3,(H,27,29,30)/t19-,20-. The van der Waals surface area contributed by atoms with Crippen molar-refractivity contribution in [2.45, 2.75) is 57.5 Å². The number of pyridine rings is 2. The summed E-state index contributed by atoms with van der Waals surface area (Å²) in [5.74, 6) is 2.96. The summed E-state index contributed by atoms with van der Waals surface area (Å²) in [6.07, 6.45) is 10.6. The lowest BCUT2D eigenvalue weighted by atomic mass is 9.82. The minimum absolute atomic E-state index is 0.0822. The Hall–Kier alpha value is -2.35. The molecule has 1 aliphatic heterocycles. The van der Waals surface area contributed by atoms with Gasteiger partial charge in [0, 0.05) is 37.9 Å². The number of anilines is 2. The number of likely N-dealkylation sites (tertiary alicyclic amines) is 1. The molecule has 0 spiro atoms. The van der Waals surface area contributed by atoms with E-state index in [4.69, 9.17) is 9.97 Å². The third-order valence-corrected chi connectivity index (χ3v) is 8.15. The van der Waals surface area contributed by atoms with Gasteiger partial charge >= 0.3 is 0 Å². The van der Waals surface area contributed by atoms with Gasteiger partial charge in [0.1, 0.15) is 11.6 Å². The van der Waals surface area contributed by atoms with E-state index in [0.717, 1.165) is 54.1 Å². The van der Waals surface area contributed by atoms with E-state index >= 15 is 0 Å². The fraction of sp³-hybridized carbons (Fsp3) is 0.500. The van der Waals surface area contributed by atoms with E-state index in [9.17, 15) is 5.11 Å². The molecule has 3 aromatic rings. The molecule has 1 saturated carbocycles. The number of aliphatic hydroxyl groups is 1. The van der Waals surface area contributed by atoms with Crippen LogP contribution in [-0.4, -0.2) is 50.7 Å². The molecule has 0 unspecified atom stereocenters. The number of piperidine rings is 1. The topological polar surface area (TPSA) is 74.2 Å². The number of hydrogen-bond acceptors (Lipinski definition) is 7. The molecule has 1 aliphatic carbocycles. The Morgan fingerprint density at radius 3 is 2.64 bits per heavy atom. The number of rotatable bonds is 6. The lowest BCUT2D eigenvalue weighted by Crippen LogP contribution is -2.39. The van der Waals surface area contributed by atoms with Crippen LogP contribution in [0.4, 0.5) is 11.6 Å². The van der Waals surface area contributed by atoms with Gasteiger partial charge in [0.2, 0.25) is 0 Å². The van der Waals surface area contributed by atoms with Crippen molar-refractivity contribution in [2.24, 2.45) is 5.92 Å². The Labute approximate surface area is 200 Å². The van der Waals surface area contributed by atoms with Crippen LogP contribution in [0.25, 0.3) is 10.6 Å². The fourth-order valence-corrected chi connectivity index (χ4v) is 6.09. The van der Waals surface area contributed by atoms with Crippen molar-refractivity contribution in [1.29, 1.82) is 0 Å².